The third kappa shape index (κ3) is 6.71. The molecule has 52 heavy (non-hydrogen) atoms. The lowest BCUT2D eigenvalue weighted by Crippen LogP contribution is -2.13. The van der Waals surface area contributed by atoms with E-state index < -0.39 is 40.5 Å². The van der Waals surface area contributed by atoms with Gasteiger partial charge < -0.3 is 0 Å². The topological polar surface area (TPSA) is 0 Å². The van der Waals surface area contributed by atoms with E-state index in [4.69, 9.17) is 0 Å². The molecule has 0 spiro atoms. The molecule has 0 saturated heterocycles. The monoisotopic (exact) mass is 768 g/mol. The van der Waals surface area contributed by atoms with Crippen molar-refractivity contribution >= 4 is 60.8 Å². The first-order valence-corrected chi connectivity index (χ1v) is 18.4. The summed E-state index contributed by atoms with van der Waals surface area (Å²) in [6, 6.07) is 27.9. The van der Waals surface area contributed by atoms with Crippen LogP contribution in [-0.4, -0.2) is 0 Å². The third-order valence-corrected chi connectivity index (χ3v) is 11.1. The Morgan fingerprint density at radius 3 is 1.54 bits per heavy atom. The summed E-state index contributed by atoms with van der Waals surface area (Å²) in [7, 11) is 0. The van der Waals surface area contributed by atoms with Crippen LogP contribution in [-0.2, 0) is 0 Å². The Kier molecular flexibility index (Phi) is 10.4. The largest absolute Gasteiger partial charge is 0.203 e. The van der Waals surface area contributed by atoms with Gasteiger partial charge in [0.2, 0.25) is 0 Å². The van der Waals surface area contributed by atoms with E-state index in [0.29, 0.717) is 26.7 Å². The normalized spacial score (nSPS) is 17.3. The van der Waals surface area contributed by atoms with Gasteiger partial charge in [-0.1, -0.05) is 133 Å². The zero-order chi connectivity index (χ0) is 36.5. The van der Waals surface area contributed by atoms with Gasteiger partial charge in [-0.2, -0.15) is 0 Å². The molecular weight excluding hydrogens is 734 g/mol. The van der Waals surface area contributed by atoms with Gasteiger partial charge in [-0.05, 0) is 82.3 Å². The van der Waals surface area contributed by atoms with Crippen LogP contribution < -0.4 is 0 Å². The fourth-order valence-corrected chi connectivity index (χ4v) is 8.16. The Bertz CT molecular complexity index is 2350. The van der Waals surface area contributed by atoms with Crippen LogP contribution in [0.25, 0.3) is 56.0 Å². The number of benzene rings is 6. The highest BCUT2D eigenvalue weighted by molar-refractivity contribution is 9.10. The summed E-state index contributed by atoms with van der Waals surface area (Å²) in [5, 5.41) is 1.35. The molecule has 1 aliphatic carbocycles. The average Bonchev–Trinajstić information content (AvgIpc) is 3.18. The zero-order valence-corrected chi connectivity index (χ0v) is 30.0. The standard InChI is InChI=1S/C45H35BrF6/c1-2-7-26-12-14-27(15-13-26)28-16-18-29(19-17-28)30-20-23-38(44(51)40(30)47)45(52)43(50)36-22-21-35(31-8-3-4-9-32(31)36)41(48)42(49)37-24-25-39(46)34-11-6-5-10-33(34)37/h3-6,8-11,16-27H,2,7,12-15H2,1H3/b42-41+,45-43+. The quantitative estimate of drug-likeness (QED) is 0.107. The molecule has 6 aromatic carbocycles. The Labute approximate surface area is 307 Å². The predicted molar refractivity (Wildman–Crippen MR) is 205 cm³/mol. The maximum atomic E-state index is 16.0. The lowest BCUT2D eigenvalue weighted by atomic mass is 9.77. The van der Waals surface area contributed by atoms with Crippen LogP contribution in [0.15, 0.2) is 114 Å². The number of hydrogen-bond acceptors (Lipinski definition) is 0. The fourth-order valence-electron chi connectivity index (χ4n) is 7.68. The lowest BCUT2D eigenvalue weighted by Gasteiger charge is -2.28. The lowest BCUT2D eigenvalue weighted by molar-refractivity contribution is 0.308. The van der Waals surface area contributed by atoms with Gasteiger partial charge in [0.15, 0.2) is 34.9 Å². The van der Waals surface area contributed by atoms with E-state index in [1.165, 1.54) is 49.9 Å². The smallest absolute Gasteiger partial charge is 0.169 e. The Morgan fingerprint density at radius 2 is 1.00 bits per heavy atom. The van der Waals surface area contributed by atoms with Crippen LogP contribution in [0.5, 0.6) is 0 Å². The van der Waals surface area contributed by atoms with Gasteiger partial charge in [0, 0.05) is 26.7 Å². The molecule has 7 rings (SSSR count). The summed E-state index contributed by atoms with van der Waals surface area (Å²) in [6.07, 6.45) is 7.02. The van der Waals surface area contributed by atoms with Crippen LogP contribution in [0.3, 0.4) is 0 Å². The van der Waals surface area contributed by atoms with Gasteiger partial charge in [-0.15, -0.1) is 0 Å². The van der Waals surface area contributed by atoms with E-state index in [1.54, 1.807) is 54.6 Å². The molecular formula is C45H35BrF6. The molecule has 0 nitrogen and oxygen atoms in total. The van der Waals surface area contributed by atoms with Crippen molar-refractivity contribution in [2.24, 2.45) is 5.92 Å². The van der Waals surface area contributed by atoms with Gasteiger partial charge in [0.25, 0.3) is 0 Å². The molecule has 0 unspecified atom stereocenters. The number of hydrogen-bond donors (Lipinski definition) is 0. The first-order valence-electron chi connectivity index (χ1n) is 17.6. The van der Waals surface area contributed by atoms with E-state index in [-0.39, 0.29) is 33.0 Å². The molecule has 0 bridgehead atoms. The van der Waals surface area contributed by atoms with E-state index >= 15 is 26.3 Å². The third-order valence-electron chi connectivity index (χ3n) is 10.4. The van der Waals surface area contributed by atoms with Crippen LogP contribution >= 0.6 is 15.9 Å². The predicted octanol–water partition coefficient (Wildman–Crippen LogP) is 15.3. The van der Waals surface area contributed by atoms with Crippen molar-refractivity contribution in [3.63, 3.8) is 0 Å². The van der Waals surface area contributed by atoms with Crippen LogP contribution in [0.1, 0.15) is 79.2 Å². The van der Waals surface area contributed by atoms with Crippen molar-refractivity contribution in [2.45, 2.75) is 51.4 Å². The molecule has 0 N–H and O–H groups in total. The molecule has 0 heterocycles. The second kappa shape index (κ2) is 15.2. The molecule has 6 aromatic rings. The van der Waals surface area contributed by atoms with E-state index in [2.05, 4.69) is 22.9 Å². The molecule has 0 amide bonds. The zero-order valence-electron chi connectivity index (χ0n) is 28.4. The molecule has 0 aromatic heterocycles. The average molecular weight is 770 g/mol. The van der Waals surface area contributed by atoms with Crippen molar-refractivity contribution in [1.29, 1.82) is 0 Å². The van der Waals surface area contributed by atoms with Gasteiger partial charge >= 0.3 is 0 Å². The highest BCUT2D eigenvalue weighted by atomic mass is 79.9. The Hall–Kier alpha value is -4.62. The van der Waals surface area contributed by atoms with Gasteiger partial charge in [0.05, 0.1) is 5.56 Å². The minimum atomic E-state index is -1.61. The highest BCUT2D eigenvalue weighted by Crippen LogP contribution is 2.42. The second-order valence-corrected chi connectivity index (χ2v) is 14.4. The van der Waals surface area contributed by atoms with Crippen molar-refractivity contribution in [1.82, 2.24) is 0 Å². The summed E-state index contributed by atoms with van der Waals surface area (Å²) in [6.45, 7) is 2.21. The fraction of sp³-hybridized carbons (Fsp3) is 0.200. The summed E-state index contributed by atoms with van der Waals surface area (Å²) in [4.78, 5) is 0. The minimum Gasteiger partial charge on any atom is -0.203 e. The highest BCUT2D eigenvalue weighted by Gasteiger charge is 2.25. The SMILES string of the molecule is CCCC1CCC(c2ccc(-c3ccc(/C(F)=C(\F)c4ccc(/C(F)=C(\F)c5ccc(Br)c6ccccc56)c5ccccc45)c(F)c3F)cc2)CC1. The first kappa shape index (κ1) is 35.8. The molecule has 7 heteroatoms. The van der Waals surface area contributed by atoms with Crippen molar-refractivity contribution in [3.05, 3.63) is 153 Å². The molecule has 0 atom stereocenters. The molecule has 1 saturated carbocycles. The van der Waals surface area contributed by atoms with Crippen molar-refractivity contribution in [3.8, 4) is 11.1 Å². The summed E-state index contributed by atoms with van der Waals surface area (Å²) in [5.74, 6) is -7.00. The Morgan fingerprint density at radius 1 is 0.538 bits per heavy atom. The van der Waals surface area contributed by atoms with Gasteiger partial charge in [-0.25, -0.2) is 26.3 Å². The van der Waals surface area contributed by atoms with Crippen molar-refractivity contribution in [2.75, 3.05) is 0 Å². The first-order chi connectivity index (χ1) is 25.2. The molecule has 0 radical (unpaired) electrons. The minimum absolute atomic E-state index is 0.0307. The summed E-state index contributed by atoms with van der Waals surface area (Å²) in [5.41, 5.74) is 0.179. The maximum absolute atomic E-state index is 16.0. The Balaban J connectivity index is 1.20. The van der Waals surface area contributed by atoms with Crippen LogP contribution in [0, 0.1) is 17.6 Å². The van der Waals surface area contributed by atoms with E-state index in [9.17, 15) is 0 Å². The molecule has 1 aliphatic rings. The van der Waals surface area contributed by atoms with Crippen molar-refractivity contribution < 1.29 is 26.3 Å². The maximum Gasteiger partial charge on any atom is 0.169 e. The molecule has 0 aliphatic heterocycles. The molecule has 1 fully saturated rings. The van der Waals surface area contributed by atoms with Gasteiger partial charge in [-0.3, -0.25) is 0 Å². The van der Waals surface area contributed by atoms with E-state index in [1.807, 2.05) is 12.1 Å². The summed E-state index contributed by atoms with van der Waals surface area (Å²) < 4.78 is 95.3. The summed E-state index contributed by atoms with van der Waals surface area (Å²) >= 11 is 3.44. The van der Waals surface area contributed by atoms with Crippen LogP contribution in [0.4, 0.5) is 26.3 Å². The second-order valence-electron chi connectivity index (χ2n) is 13.5. The number of halogens is 7. The van der Waals surface area contributed by atoms with E-state index in [0.717, 1.165) is 42.5 Å². The number of fused-ring (bicyclic) bond motifs is 2. The van der Waals surface area contributed by atoms with Crippen LogP contribution in [0.2, 0.25) is 0 Å². The molecule has 264 valence electrons. The number of rotatable bonds is 8. The van der Waals surface area contributed by atoms with Gasteiger partial charge in [0.1, 0.15) is 0 Å².